The summed E-state index contributed by atoms with van der Waals surface area (Å²) >= 11 is 3.31. The van der Waals surface area contributed by atoms with Gasteiger partial charge in [0.15, 0.2) is 0 Å². The van der Waals surface area contributed by atoms with Crippen LogP contribution in [0, 0.1) is 0 Å². The molecule has 0 saturated carbocycles. The Balaban J connectivity index is 1.55. The third-order valence-corrected chi connectivity index (χ3v) is 5.01. The van der Waals surface area contributed by atoms with Gasteiger partial charge in [0.05, 0.1) is 11.1 Å². The first-order valence-corrected chi connectivity index (χ1v) is 8.96. The van der Waals surface area contributed by atoms with E-state index in [0.29, 0.717) is 30.5 Å². The van der Waals surface area contributed by atoms with E-state index in [0.717, 1.165) is 23.9 Å². The molecule has 2 heterocycles. The molecule has 3 rings (SSSR count). The third-order valence-electron chi connectivity index (χ3n) is 4.52. The van der Waals surface area contributed by atoms with Gasteiger partial charge in [0, 0.05) is 36.6 Å². The molecule has 24 heavy (non-hydrogen) atoms. The summed E-state index contributed by atoms with van der Waals surface area (Å²) in [5.41, 5.74) is 6.74. The van der Waals surface area contributed by atoms with Crippen LogP contribution in [0.1, 0.15) is 46.4 Å². The van der Waals surface area contributed by atoms with Crippen molar-refractivity contribution in [1.29, 1.82) is 0 Å². The van der Waals surface area contributed by atoms with Crippen molar-refractivity contribution in [1.82, 2.24) is 9.80 Å². The SMILES string of the molecule is NC1CCCN(C(=O)CCCN2C(=O)c3ccc(Br)cc3C2=O)C1. The molecule has 2 aliphatic rings. The van der Waals surface area contributed by atoms with E-state index in [9.17, 15) is 14.4 Å². The molecule has 1 fully saturated rings. The van der Waals surface area contributed by atoms with Crippen LogP contribution in [0.4, 0.5) is 0 Å². The number of hydrogen-bond donors (Lipinski definition) is 1. The maximum Gasteiger partial charge on any atom is 0.261 e. The number of halogens is 1. The van der Waals surface area contributed by atoms with Gasteiger partial charge in [0.25, 0.3) is 11.8 Å². The average Bonchev–Trinajstić information content (AvgIpc) is 2.79. The van der Waals surface area contributed by atoms with Gasteiger partial charge < -0.3 is 10.6 Å². The number of imide groups is 1. The molecular weight excluding hydrogens is 374 g/mol. The summed E-state index contributed by atoms with van der Waals surface area (Å²) in [6, 6.07) is 5.12. The fourth-order valence-electron chi connectivity index (χ4n) is 3.25. The van der Waals surface area contributed by atoms with E-state index < -0.39 is 0 Å². The predicted octanol–water partition coefficient (Wildman–Crippen LogP) is 1.77. The van der Waals surface area contributed by atoms with Gasteiger partial charge in [-0.2, -0.15) is 0 Å². The van der Waals surface area contributed by atoms with Crippen molar-refractivity contribution in [2.75, 3.05) is 19.6 Å². The lowest BCUT2D eigenvalue weighted by Crippen LogP contribution is -2.45. The number of carbonyl (C=O) groups excluding carboxylic acids is 3. The number of hydrogen-bond acceptors (Lipinski definition) is 4. The first-order chi connectivity index (χ1) is 11.5. The van der Waals surface area contributed by atoms with Crippen molar-refractivity contribution in [3.8, 4) is 0 Å². The summed E-state index contributed by atoms with van der Waals surface area (Å²) in [5.74, 6) is -0.525. The predicted molar refractivity (Wildman–Crippen MR) is 92.5 cm³/mol. The van der Waals surface area contributed by atoms with Crippen LogP contribution in [0.5, 0.6) is 0 Å². The fourth-order valence-corrected chi connectivity index (χ4v) is 3.61. The van der Waals surface area contributed by atoms with Crippen LogP contribution >= 0.6 is 15.9 Å². The molecule has 128 valence electrons. The molecule has 0 bridgehead atoms. The Morgan fingerprint density at radius 3 is 2.75 bits per heavy atom. The molecule has 2 N–H and O–H groups in total. The molecule has 3 amide bonds. The van der Waals surface area contributed by atoms with Gasteiger partial charge in [0.2, 0.25) is 5.91 Å². The first kappa shape index (κ1) is 17.1. The van der Waals surface area contributed by atoms with E-state index in [1.807, 2.05) is 0 Å². The summed E-state index contributed by atoms with van der Waals surface area (Å²) < 4.78 is 0.765. The van der Waals surface area contributed by atoms with E-state index in [2.05, 4.69) is 15.9 Å². The second-order valence-electron chi connectivity index (χ2n) is 6.30. The van der Waals surface area contributed by atoms with E-state index in [1.165, 1.54) is 4.90 Å². The summed E-state index contributed by atoms with van der Waals surface area (Å²) in [6.07, 6.45) is 2.68. The van der Waals surface area contributed by atoms with Crippen molar-refractivity contribution < 1.29 is 14.4 Å². The van der Waals surface area contributed by atoms with Crippen molar-refractivity contribution in [2.24, 2.45) is 5.73 Å². The molecule has 2 aliphatic heterocycles. The number of piperidine rings is 1. The molecule has 0 aliphatic carbocycles. The zero-order valence-corrected chi connectivity index (χ0v) is 14.9. The monoisotopic (exact) mass is 393 g/mol. The summed E-state index contributed by atoms with van der Waals surface area (Å²) in [6.45, 7) is 1.60. The lowest BCUT2D eigenvalue weighted by atomic mass is 10.1. The number of amides is 3. The molecule has 1 atom stereocenters. The average molecular weight is 394 g/mol. The van der Waals surface area contributed by atoms with E-state index in [-0.39, 0.29) is 30.3 Å². The van der Waals surface area contributed by atoms with Gasteiger partial charge in [-0.15, -0.1) is 0 Å². The number of likely N-dealkylation sites (tertiary alicyclic amines) is 1. The number of benzene rings is 1. The highest BCUT2D eigenvalue weighted by atomic mass is 79.9. The largest absolute Gasteiger partial charge is 0.341 e. The maximum atomic E-state index is 12.4. The van der Waals surface area contributed by atoms with Gasteiger partial charge >= 0.3 is 0 Å². The van der Waals surface area contributed by atoms with Gasteiger partial charge in [0.1, 0.15) is 0 Å². The second-order valence-corrected chi connectivity index (χ2v) is 7.21. The Hall–Kier alpha value is -1.73. The van der Waals surface area contributed by atoms with Crippen LogP contribution in [-0.2, 0) is 4.79 Å². The first-order valence-electron chi connectivity index (χ1n) is 8.16. The number of nitrogens with two attached hydrogens (primary N) is 1. The molecule has 1 saturated heterocycles. The minimum atomic E-state index is -0.288. The van der Waals surface area contributed by atoms with E-state index >= 15 is 0 Å². The molecule has 0 spiro atoms. The van der Waals surface area contributed by atoms with E-state index in [4.69, 9.17) is 5.73 Å². The molecular formula is C17H20BrN3O3. The zero-order chi connectivity index (χ0) is 17.3. The number of fused-ring (bicyclic) bond motifs is 1. The van der Waals surface area contributed by atoms with Gasteiger partial charge in [-0.1, -0.05) is 15.9 Å². The second kappa shape index (κ2) is 7.03. The summed E-state index contributed by atoms with van der Waals surface area (Å²) in [7, 11) is 0. The van der Waals surface area contributed by atoms with Crippen molar-refractivity contribution in [3.63, 3.8) is 0 Å². The van der Waals surface area contributed by atoms with Crippen LogP contribution in [0.25, 0.3) is 0 Å². The highest BCUT2D eigenvalue weighted by molar-refractivity contribution is 9.10. The maximum absolute atomic E-state index is 12.4. The summed E-state index contributed by atoms with van der Waals surface area (Å²) in [5, 5.41) is 0. The van der Waals surface area contributed by atoms with Crippen molar-refractivity contribution in [3.05, 3.63) is 33.8 Å². The molecule has 7 heteroatoms. The van der Waals surface area contributed by atoms with Crippen LogP contribution in [0.15, 0.2) is 22.7 Å². The highest BCUT2D eigenvalue weighted by Gasteiger charge is 2.35. The van der Waals surface area contributed by atoms with Gasteiger partial charge in [-0.05, 0) is 37.5 Å². The van der Waals surface area contributed by atoms with Crippen LogP contribution in [0.2, 0.25) is 0 Å². The Labute approximate surface area is 149 Å². The molecule has 6 nitrogen and oxygen atoms in total. The smallest absolute Gasteiger partial charge is 0.261 e. The Morgan fingerprint density at radius 1 is 1.25 bits per heavy atom. The minimum Gasteiger partial charge on any atom is -0.341 e. The lowest BCUT2D eigenvalue weighted by molar-refractivity contribution is -0.132. The Morgan fingerprint density at radius 2 is 2.00 bits per heavy atom. The number of rotatable bonds is 4. The standard InChI is InChI=1S/C17H20BrN3O3/c18-11-5-6-13-14(9-11)17(24)21(16(13)23)8-2-4-15(22)20-7-1-3-12(19)10-20/h5-6,9,12H,1-4,7-8,10,19H2. The third kappa shape index (κ3) is 3.37. The van der Waals surface area contributed by atoms with Crippen LogP contribution in [-0.4, -0.2) is 53.2 Å². The molecule has 0 radical (unpaired) electrons. The number of nitrogens with zero attached hydrogens (tertiary/aromatic N) is 2. The van der Waals surface area contributed by atoms with Gasteiger partial charge in [-0.25, -0.2) is 0 Å². The quantitative estimate of drug-likeness (QED) is 0.790. The lowest BCUT2D eigenvalue weighted by Gasteiger charge is -2.31. The Bertz CT molecular complexity index is 692. The zero-order valence-electron chi connectivity index (χ0n) is 13.3. The van der Waals surface area contributed by atoms with E-state index in [1.54, 1.807) is 23.1 Å². The topological polar surface area (TPSA) is 83.7 Å². The molecule has 1 aromatic carbocycles. The highest BCUT2D eigenvalue weighted by Crippen LogP contribution is 2.26. The van der Waals surface area contributed by atoms with Crippen molar-refractivity contribution in [2.45, 2.75) is 31.7 Å². The normalized spacial score (nSPS) is 20.5. The van der Waals surface area contributed by atoms with Crippen LogP contribution in [0.3, 0.4) is 0 Å². The Kier molecular flexibility index (Phi) is 5.01. The molecule has 1 aromatic rings. The fraction of sp³-hybridized carbons (Fsp3) is 0.471. The van der Waals surface area contributed by atoms with Crippen LogP contribution < -0.4 is 5.73 Å². The number of carbonyl (C=O) groups is 3. The molecule has 1 unspecified atom stereocenters. The summed E-state index contributed by atoms with van der Waals surface area (Å²) in [4.78, 5) is 39.9. The van der Waals surface area contributed by atoms with Gasteiger partial charge in [-0.3, -0.25) is 19.3 Å². The molecule has 0 aromatic heterocycles. The minimum absolute atomic E-state index is 0.0458. The van der Waals surface area contributed by atoms with Crippen molar-refractivity contribution >= 4 is 33.7 Å².